The maximum Gasteiger partial charge on any atom is 0.219 e. The molecule has 3 heterocycles. The minimum atomic E-state index is -3.55. The van der Waals surface area contributed by atoms with Crippen LogP contribution in [-0.4, -0.2) is 35.8 Å². The summed E-state index contributed by atoms with van der Waals surface area (Å²) in [7, 11) is -3.55. The molecule has 1 aromatic rings. The van der Waals surface area contributed by atoms with Crippen LogP contribution >= 0.6 is 0 Å². The summed E-state index contributed by atoms with van der Waals surface area (Å²) in [5.74, 6) is 0.470. The smallest absolute Gasteiger partial charge is 0.219 e. The van der Waals surface area contributed by atoms with Crippen molar-refractivity contribution in [2.24, 2.45) is 15.8 Å². The first kappa shape index (κ1) is 16.2. The van der Waals surface area contributed by atoms with E-state index in [-0.39, 0.29) is 18.1 Å². The highest BCUT2D eigenvalue weighted by atomic mass is 32.2. The summed E-state index contributed by atoms with van der Waals surface area (Å²) >= 11 is 0. The molecule has 2 atom stereocenters. The molecule has 2 aliphatic heterocycles. The van der Waals surface area contributed by atoms with Gasteiger partial charge in [-0.05, 0) is 37.8 Å². The van der Waals surface area contributed by atoms with E-state index in [9.17, 15) is 8.42 Å². The van der Waals surface area contributed by atoms with Gasteiger partial charge < -0.3 is 10.5 Å². The SMILES string of the molecule is C[C@]12N=C(N)C3(CCC3)S(=O)(=O)[C@@H]1CCOc1ncc(N=[N+]=[N-])cc12. The van der Waals surface area contributed by atoms with Crippen LogP contribution in [0, 0.1) is 0 Å². The second-order valence-electron chi connectivity index (χ2n) is 6.90. The maximum absolute atomic E-state index is 13.4. The van der Waals surface area contributed by atoms with Gasteiger partial charge in [0.15, 0.2) is 9.84 Å². The van der Waals surface area contributed by atoms with Crippen molar-refractivity contribution in [3.8, 4) is 5.88 Å². The molecular formula is C15H18N6O3S. The van der Waals surface area contributed by atoms with Gasteiger partial charge in [-0.25, -0.2) is 13.4 Å². The van der Waals surface area contributed by atoms with Gasteiger partial charge in [0.25, 0.3) is 0 Å². The van der Waals surface area contributed by atoms with Crippen LogP contribution in [0.4, 0.5) is 5.69 Å². The lowest BCUT2D eigenvalue weighted by Crippen LogP contribution is -2.65. The quantitative estimate of drug-likeness (QED) is 0.462. The Hall–Kier alpha value is -2.32. The number of aromatic nitrogens is 1. The minimum absolute atomic E-state index is 0.166. The topological polar surface area (TPSA) is 143 Å². The van der Waals surface area contributed by atoms with Gasteiger partial charge in [0.2, 0.25) is 5.88 Å². The van der Waals surface area contributed by atoms with Crippen molar-refractivity contribution in [2.45, 2.75) is 48.1 Å². The van der Waals surface area contributed by atoms with Crippen LogP contribution in [0.1, 0.15) is 38.2 Å². The summed E-state index contributed by atoms with van der Waals surface area (Å²) in [6.07, 6.45) is 3.56. The first-order valence-electron chi connectivity index (χ1n) is 8.13. The molecule has 1 saturated carbocycles. The molecule has 10 heteroatoms. The van der Waals surface area contributed by atoms with E-state index in [0.717, 1.165) is 6.42 Å². The van der Waals surface area contributed by atoms with E-state index in [1.807, 2.05) is 0 Å². The van der Waals surface area contributed by atoms with Crippen LogP contribution in [0.5, 0.6) is 5.88 Å². The van der Waals surface area contributed by atoms with E-state index in [0.29, 0.717) is 30.7 Å². The number of sulfone groups is 1. The van der Waals surface area contributed by atoms with Crippen LogP contribution < -0.4 is 10.5 Å². The van der Waals surface area contributed by atoms with Crippen molar-refractivity contribution in [3.63, 3.8) is 0 Å². The van der Waals surface area contributed by atoms with Crippen LogP contribution in [0.25, 0.3) is 10.4 Å². The predicted molar refractivity (Wildman–Crippen MR) is 91.4 cm³/mol. The minimum Gasteiger partial charge on any atom is -0.477 e. The second-order valence-corrected chi connectivity index (χ2v) is 9.34. The number of fused-ring (bicyclic) bond motifs is 3. The highest BCUT2D eigenvalue weighted by Crippen LogP contribution is 2.53. The third kappa shape index (κ3) is 1.95. The number of rotatable bonds is 1. The Morgan fingerprint density at radius 3 is 2.88 bits per heavy atom. The molecule has 25 heavy (non-hydrogen) atoms. The average molecular weight is 362 g/mol. The Balaban J connectivity index is 1.98. The van der Waals surface area contributed by atoms with Crippen molar-refractivity contribution >= 4 is 21.4 Å². The number of azide groups is 1. The monoisotopic (exact) mass is 362 g/mol. The lowest BCUT2D eigenvalue weighted by molar-refractivity contribution is 0.298. The highest BCUT2D eigenvalue weighted by molar-refractivity contribution is 7.94. The number of nitrogens with two attached hydrogens (primary N) is 1. The Morgan fingerprint density at radius 2 is 2.24 bits per heavy atom. The first-order chi connectivity index (χ1) is 11.8. The fraction of sp³-hybridized carbons (Fsp3) is 0.600. The van der Waals surface area contributed by atoms with E-state index in [4.69, 9.17) is 16.0 Å². The van der Waals surface area contributed by atoms with Gasteiger partial charge in [-0.15, -0.1) is 0 Å². The zero-order valence-electron chi connectivity index (χ0n) is 13.7. The number of pyridine rings is 1. The molecule has 132 valence electrons. The summed E-state index contributed by atoms with van der Waals surface area (Å²) in [5, 5.41) is 2.81. The lowest BCUT2D eigenvalue weighted by Gasteiger charge is -2.50. The van der Waals surface area contributed by atoms with Crippen molar-refractivity contribution in [3.05, 3.63) is 28.3 Å². The third-order valence-electron chi connectivity index (χ3n) is 5.69. The molecule has 0 amide bonds. The molecule has 0 saturated heterocycles. The van der Waals surface area contributed by atoms with Crippen molar-refractivity contribution in [2.75, 3.05) is 6.61 Å². The molecular weight excluding hydrogens is 344 g/mol. The zero-order chi connectivity index (χ0) is 17.9. The average Bonchev–Trinajstić information content (AvgIpc) is 2.63. The summed E-state index contributed by atoms with van der Waals surface area (Å²) < 4.78 is 31.5. The van der Waals surface area contributed by atoms with Gasteiger partial charge >= 0.3 is 0 Å². The summed E-state index contributed by atoms with van der Waals surface area (Å²) in [6, 6.07) is 1.59. The Morgan fingerprint density at radius 1 is 1.48 bits per heavy atom. The molecule has 0 bridgehead atoms. The fourth-order valence-electron chi connectivity index (χ4n) is 4.14. The molecule has 9 nitrogen and oxygen atoms in total. The Labute approximate surface area is 144 Å². The Kier molecular flexibility index (Phi) is 3.29. The number of nitrogens with zero attached hydrogens (tertiary/aromatic N) is 5. The van der Waals surface area contributed by atoms with Crippen LogP contribution in [0.2, 0.25) is 0 Å². The van der Waals surface area contributed by atoms with E-state index < -0.39 is 25.4 Å². The molecule has 1 spiro atoms. The van der Waals surface area contributed by atoms with E-state index in [2.05, 4.69) is 20.0 Å². The summed E-state index contributed by atoms with van der Waals surface area (Å²) in [4.78, 5) is 11.6. The van der Waals surface area contributed by atoms with Crippen LogP contribution in [0.3, 0.4) is 0 Å². The lowest BCUT2D eigenvalue weighted by atomic mass is 9.81. The molecule has 1 aromatic heterocycles. The zero-order valence-corrected chi connectivity index (χ0v) is 14.5. The first-order valence-corrected chi connectivity index (χ1v) is 9.67. The van der Waals surface area contributed by atoms with E-state index in [1.165, 1.54) is 6.20 Å². The molecule has 0 aromatic carbocycles. The standard InChI is InChI=1S/C15H18N6O3S/c1-14-10-7-9(20-21-17)8-18-12(10)24-6-3-11(14)25(22,23)15(4-2-5-15)13(16)19-14/h7-8,11H,2-6H2,1H3,(H2,16,19)/t11-,14-/m1/s1. The van der Waals surface area contributed by atoms with Crippen molar-refractivity contribution < 1.29 is 13.2 Å². The largest absolute Gasteiger partial charge is 0.477 e. The third-order valence-corrected chi connectivity index (χ3v) is 8.84. The summed E-state index contributed by atoms with van der Waals surface area (Å²) in [6.45, 7) is 1.97. The van der Waals surface area contributed by atoms with E-state index in [1.54, 1.807) is 13.0 Å². The number of aliphatic imine (C=N–C) groups is 1. The number of amidine groups is 1. The van der Waals surface area contributed by atoms with Gasteiger partial charge in [-0.3, -0.25) is 4.99 Å². The van der Waals surface area contributed by atoms with Crippen LogP contribution in [0.15, 0.2) is 22.4 Å². The number of hydrogen-bond acceptors (Lipinski definition) is 7. The van der Waals surface area contributed by atoms with Crippen LogP contribution in [-0.2, 0) is 15.4 Å². The molecule has 3 aliphatic rings. The van der Waals surface area contributed by atoms with Gasteiger partial charge in [0.05, 0.1) is 17.5 Å². The molecule has 0 unspecified atom stereocenters. The molecule has 2 N–H and O–H groups in total. The molecule has 1 fully saturated rings. The summed E-state index contributed by atoms with van der Waals surface area (Å²) in [5.41, 5.74) is 14.5. The van der Waals surface area contributed by atoms with Gasteiger partial charge in [0.1, 0.15) is 16.1 Å². The van der Waals surface area contributed by atoms with Crippen molar-refractivity contribution in [1.29, 1.82) is 0 Å². The Bertz CT molecular complexity index is 933. The molecule has 0 radical (unpaired) electrons. The number of hydrogen-bond donors (Lipinski definition) is 1. The normalized spacial score (nSPS) is 31.2. The second kappa shape index (κ2) is 5.09. The highest BCUT2D eigenvalue weighted by Gasteiger charge is 2.63. The maximum atomic E-state index is 13.4. The van der Waals surface area contributed by atoms with Gasteiger partial charge in [0, 0.05) is 23.1 Å². The van der Waals surface area contributed by atoms with E-state index >= 15 is 0 Å². The van der Waals surface area contributed by atoms with Crippen molar-refractivity contribution in [1.82, 2.24) is 4.98 Å². The van der Waals surface area contributed by atoms with Gasteiger partial charge in [-0.2, -0.15) is 0 Å². The molecule has 4 rings (SSSR count). The number of ether oxygens (including phenoxy) is 1. The van der Waals surface area contributed by atoms with Gasteiger partial charge in [-0.1, -0.05) is 5.11 Å². The predicted octanol–water partition coefficient (Wildman–Crippen LogP) is 2.10. The molecule has 1 aliphatic carbocycles. The fourth-order valence-corrected chi connectivity index (χ4v) is 7.07.